The van der Waals surface area contributed by atoms with Crippen LogP contribution in [-0.2, 0) is 10.3 Å². The molecule has 0 radical (unpaired) electrons. The van der Waals surface area contributed by atoms with Crippen LogP contribution in [0, 0.1) is 13.8 Å². The molecule has 0 unspecified atom stereocenters. The zero-order valence-corrected chi connectivity index (χ0v) is 16.0. The molecule has 2 aromatic heterocycles. The summed E-state index contributed by atoms with van der Waals surface area (Å²) in [6, 6.07) is 11.9. The van der Waals surface area contributed by atoms with E-state index in [1.165, 1.54) is 0 Å². The lowest BCUT2D eigenvalue weighted by molar-refractivity contribution is -0.129. The van der Waals surface area contributed by atoms with Gasteiger partial charge in [0.1, 0.15) is 5.54 Å². The van der Waals surface area contributed by atoms with Crippen molar-refractivity contribution in [2.24, 2.45) is 0 Å². The van der Waals surface area contributed by atoms with Crippen molar-refractivity contribution in [1.82, 2.24) is 19.7 Å². The van der Waals surface area contributed by atoms with E-state index in [4.69, 9.17) is 0 Å². The third-order valence-corrected chi connectivity index (χ3v) is 5.01. The quantitative estimate of drug-likeness (QED) is 0.759. The fourth-order valence-electron chi connectivity index (χ4n) is 3.17. The Morgan fingerprint density at radius 1 is 1.12 bits per heavy atom. The number of hydrogen-bond acceptors (Lipinski definition) is 2. The Kier molecular flexibility index (Phi) is 4.72. The summed E-state index contributed by atoms with van der Waals surface area (Å²) in [7, 11) is 0. The summed E-state index contributed by atoms with van der Waals surface area (Å²) in [5.74, 6) is -0.0239. The Balaban J connectivity index is 1.82. The molecule has 0 saturated carbocycles. The summed E-state index contributed by atoms with van der Waals surface area (Å²) in [6.45, 7) is 9.93. The van der Waals surface area contributed by atoms with Crippen molar-refractivity contribution in [3.63, 3.8) is 0 Å². The van der Waals surface area contributed by atoms with Crippen LogP contribution in [0.1, 0.15) is 43.6 Å². The van der Waals surface area contributed by atoms with E-state index in [9.17, 15) is 4.79 Å². The van der Waals surface area contributed by atoms with E-state index in [1.807, 2.05) is 79.8 Å². The second-order valence-electron chi connectivity index (χ2n) is 7.23. The van der Waals surface area contributed by atoms with Gasteiger partial charge in [-0.05, 0) is 58.4 Å². The van der Waals surface area contributed by atoms with E-state index >= 15 is 0 Å². The van der Waals surface area contributed by atoms with Gasteiger partial charge in [-0.3, -0.25) is 4.79 Å². The minimum atomic E-state index is -0.655. The zero-order valence-electron chi connectivity index (χ0n) is 16.0. The number of rotatable bonds is 5. The molecule has 0 aliphatic rings. The van der Waals surface area contributed by atoms with Gasteiger partial charge < -0.3 is 9.88 Å². The molecule has 136 valence electrons. The maximum Gasteiger partial charge on any atom is 0.246 e. The van der Waals surface area contributed by atoms with Gasteiger partial charge in [-0.15, -0.1) is 0 Å². The standard InChI is InChI=1S/C21H26N4O/c1-15-10-6-7-11-19(15)25-17(3)18(14-22-25)16(2)23-20(26)21(4,5)24-12-8-9-13-24/h6-14,16H,1-5H3,(H,23,26)/t16-/m0/s1. The first-order valence-electron chi connectivity index (χ1n) is 8.87. The van der Waals surface area contributed by atoms with Gasteiger partial charge in [-0.25, -0.2) is 4.68 Å². The topological polar surface area (TPSA) is 51.9 Å². The molecule has 5 heteroatoms. The average molecular weight is 350 g/mol. The smallest absolute Gasteiger partial charge is 0.246 e. The maximum atomic E-state index is 12.8. The first-order valence-corrected chi connectivity index (χ1v) is 8.87. The van der Waals surface area contributed by atoms with Gasteiger partial charge in [0.25, 0.3) is 0 Å². The average Bonchev–Trinajstić information content (AvgIpc) is 3.25. The van der Waals surface area contributed by atoms with Crippen LogP contribution in [0.2, 0.25) is 0 Å². The van der Waals surface area contributed by atoms with E-state index in [2.05, 4.69) is 29.5 Å². The number of carbonyl (C=O) groups is 1. The van der Waals surface area contributed by atoms with Crippen LogP contribution >= 0.6 is 0 Å². The fraction of sp³-hybridized carbons (Fsp3) is 0.333. The Morgan fingerprint density at radius 3 is 2.42 bits per heavy atom. The number of nitrogens with zero attached hydrogens (tertiary/aromatic N) is 3. The molecule has 2 heterocycles. The molecule has 1 aromatic carbocycles. The number of para-hydroxylation sites is 1. The van der Waals surface area contributed by atoms with Crippen molar-refractivity contribution in [3.05, 3.63) is 71.8 Å². The molecule has 3 aromatic rings. The molecule has 0 saturated heterocycles. The number of aromatic nitrogens is 3. The minimum Gasteiger partial charge on any atom is -0.347 e. The highest BCUT2D eigenvalue weighted by molar-refractivity contribution is 5.84. The summed E-state index contributed by atoms with van der Waals surface area (Å²) in [5.41, 5.74) is 3.62. The monoisotopic (exact) mass is 350 g/mol. The Morgan fingerprint density at radius 2 is 1.77 bits per heavy atom. The molecule has 3 rings (SSSR count). The van der Waals surface area contributed by atoms with Crippen LogP contribution in [0.15, 0.2) is 55.0 Å². The van der Waals surface area contributed by atoms with Gasteiger partial charge in [0.15, 0.2) is 0 Å². The highest BCUT2D eigenvalue weighted by atomic mass is 16.2. The summed E-state index contributed by atoms with van der Waals surface area (Å²) in [4.78, 5) is 12.8. The predicted molar refractivity (Wildman–Crippen MR) is 103 cm³/mol. The first kappa shape index (κ1) is 18.0. The first-order chi connectivity index (χ1) is 12.3. The lowest BCUT2D eigenvalue weighted by atomic mass is 10.0. The molecule has 1 amide bonds. The summed E-state index contributed by atoms with van der Waals surface area (Å²) < 4.78 is 3.85. The van der Waals surface area contributed by atoms with Gasteiger partial charge in [0.2, 0.25) is 5.91 Å². The molecule has 0 fully saturated rings. The maximum absolute atomic E-state index is 12.8. The predicted octanol–water partition coefficient (Wildman–Crippen LogP) is 3.90. The van der Waals surface area contributed by atoms with E-state index in [0.29, 0.717) is 0 Å². The van der Waals surface area contributed by atoms with Crippen LogP contribution in [0.4, 0.5) is 0 Å². The molecule has 0 bridgehead atoms. The van der Waals surface area contributed by atoms with E-state index in [-0.39, 0.29) is 11.9 Å². The molecule has 0 aliphatic heterocycles. The summed E-state index contributed by atoms with van der Waals surface area (Å²) in [6.07, 6.45) is 5.66. The van der Waals surface area contributed by atoms with Crippen molar-refractivity contribution in [2.45, 2.75) is 46.2 Å². The van der Waals surface area contributed by atoms with Gasteiger partial charge in [-0.2, -0.15) is 5.10 Å². The van der Waals surface area contributed by atoms with Crippen LogP contribution in [0.3, 0.4) is 0 Å². The Bertz CT molecular complexity index is 906. The van der Waals surface area contributed by atoms with Gasteiger partial charge in [-0.1, -0.05) is 18.2 Å². The van der Waals surface area contributed by atoms with E-state index in [0.717, 1.165) is 22.5 Å². The van der Waals surface area contributed by atoms with Crippen LogP contribution in [0.5, 0.6) is 0 Å². The van der Waals surface area contributed by atoms with Crippen molar-refractivity contribution in [3.8, 4) is 5.69 Å². The van der Waals surface area contributed by atoms with Gasteiger partial charge in [0, 0.05) is 23.7 Å². The molecule has 5 nitrogen and oxygen atoms in total. The van der Waals surface area contributed by atoms with Gasteiger partial charge >= 0.3 is 0 Å². The molecule has 1 atom stereocenters. The number of benzene rings is 1. The SMILES string of the molecule is Cc1ccccc1-n1ncc([C@H](C)NC(=O)C(C)(C)n2cccc2)c1C. The van der Waals surface area contributed by atoms with Crippen LogP contribution in [-0.4, -0.2) is 20.3 Å². The minimum absolute atomic E-state index is 0.0239. The lowest BCUT2D eigenvalue weighted by Crippen LogP contribution is -2.44. The van der Waals surface area contributed by atoms with Crippen molar-refractivity contribution in [1.29, 1.82) is 0 Å². The molecule has 0 aliphatic carbocycles. The molecular weight excluding hydrogens is 324 g/mol. The third-order valence-electron chi connectivity index (χ3n) is 5.01. The Hall–Kier alpha value is -2.82. The molecular formula is C21H26N4O. The van der Waals surface area contributed by atoms with Crippen LogP contribution < -0.4 is 5.32 Å². The van der Waals surface area contributed by atoms with Gasteiger partial charge in [0.05, 0.1) is 17.9 Å². The van der Waals surface area contributed by atoms with E-state index < -0.39 is 5.54 Å². The largest absolute Gasteiger partial charge is 0.347 e. The zero-order chi connectivity index (χ0) is 18.9. The van der Waals surface area contributed by atoms with Crippen molar-refractivity contribution in [2.75, 3.05) is 0 Å². The molecule has 0 spiro atoms. The molecule has 1 N–H and O–H groups in total. The van der Waals surface area contributed by atoms with Crippen LogP contribution in [0.25, 0.3) is 5.69 Å². The molecule has 26 heavy (non-hydrogen) atoms. The fourth-order valence-corrected chi connectivity index (χ4v) is 3.17. The number of nitrogens with one attached hydrogen (secondary N) is 1. The summed E-state index contributed by atoms with van der Waals surface area (Å²) in [5, 5.41) is 7.68. The lowest BCUT2D eigenvalue weighted by Gasteiger charge is -2.28. The highest BCUT2D eigenvalue weighted by Gasteiger charge is 2.30. The normalized spacial score (nSPS) is 12.8. The second kappa shape index (κ2) is 6.83. The van der Waals surface area contributed by atoms with Crippen molar-refractivity contribution < 1.29 is 4.79 Å². The number of hydrogen-bond donors (Lipinski definition) is 1. The highest BCUT2D eigenvalue weighted by Crippen LogP contribution is 2.23. The summed E-state index contributed by atoms with van der Waals surface area (Å²) >= 11 is 0. The number of carbonyl (C=O) groups excluding carboxylic acids is 1. The Labute approximate surface area is 154 Å². The second-order valence-corrected chi connectivity index (χ2v) is 7.23. The van der Waals surface area contributed by atoms with E-state index in [1.54, 1.807) is 0 Å². The number of amides is 1. The number of aryl methyl sites for hydroxylation is 1. The third kappa shape index (κ3) is 3.17. The van der Waals surface area contributed by atoms with Crippen molar-refractivity contribution >= 4 is 5.91 Å².